The van der Waals surface area contributed by atoms with Gasteiger partial charge in [0.2, 0.25) is 0 Å². The lowest BCUT2D eigenvalue weighted by Gasteiger charge is -2.28. The molecule has 0 saturated carbocycles. The van der Waals surface area contributed by atoms with E-state index in [1.807, 2.05) is 0 Å². The summed E-state index contributed by atoms with van der Waals surface area (Å²) in [5.41, 5.74) is 0.642. The number of aromatic nitrogens is 3. The standard InChI is InChI=1S/C17H18FN7O4/c18-14-7-12(24-9-13(29-17(24)28)8-23-4-3-19-21-23)1-2-15(14)22-5-6-25(20-11-22)16(27)10-26/h1-4,7,11,13,26H,5-6,8-10H2/t13-/m0/s1. The molecule has 1 atom stereocenters. The fraction of sp³-hybridized carbons (Fsp3) is 0.353. The highest BCUT2D eigenvalue weighted by Crippen LogP contribution is 2.28. The molecule has 0 spiro atoms. The van der Waals surface area contributed by atoms with Crippen molar-refractivity contribution >= 4 is 29.7 Å². The Morgan fingerprint density at radius 3 is 2.86 bits per heavy atom. The first-order valence-corrected chi connectivity index (χ1v) is 8.89. The zero-order valence-corrected chi connectivity index (χ0v) is 15.3. The number of hydrogen-bond donors (Lipinski definition) is 1. The van der Waals surface area contributed by atoms with E-state index in [-0.39, 0.29) is 18.8 Å². The van der Waals surface area contributed by atoms with Gasteiger partial charge >= 0.3 is 6.09 Å². The average Bonchev–Trinajstić information content (AvgIpc) is 3.37. The minimum atomic E-state index is -0.635. The third kappa shape index (κ3) is 3.87. The number of halogens is 1. The van der Waals surface area contributed by atoms with Gasteiger partial charge in [0.25, 0.3) is 5.91 Å². The van der Waals surface area contributed by atoms with Gasteiger partial charge in [0.1, 0.15) is 24.9 Å². The van der Waals surface area contributed by atoms with Gasteiger partial charge in [0, 0.05) is 12.7 Å². The van der Waals surface area contributed by atoms with Gasteiger partial charge in [-0.1, -0.05) is 5.21 Å². The molecule has 1 aromatic heterocycles. The van der Waals surface area contributed by atoms with Crippen LogP contribution in [0, 0.1) is 5.82 Å². The number of rotatable bonds is 5. The second kappa shape index (κ2) is 7.83. The third-order valence-electron chi connectivity index (χ3n) is 4.60. The Morgan fingerprint density at radius 2 is 2.21 bits per heavy atom. The van der Waals surface area contributed by atoms with Crippen LogP contribution in [0.25, 0.3) is 0 Å². The zero-order chi connectivity index (χ0) is 20.4. The molecule has 2 aromatic rings. The lowest BCUT2D eigenvalue weighted by Crippen LogP contribution is -2.42. The lowest BCUT2D eigenvalue weighted by molar-refractivity contribution is -0.134. The van der Waals surface area contributed by atoms with Crippen molar-refractivity contribution in [3.8, 4) is 0 Å². The molecule has 1 N–H and O–H groups in total. The highest BCUT2D eigenvalue weighted by atomic mass is 19.1. The predicted molar refractivity (Wildman–Crippen MR) is 98.7 cm³/mol. The normalized spacial score (nSPS) is 19.0. The van der Waals surface area contributed by atoms with Crippen LogP contribution in [-0.4, -0.2) is 75.8 Å². The molecule has 1 saturated heterocycles. The first kappa shape index (κ1) is 18.8. The van der Waals surface area contributed by atoms with Crippen molar-refractivity contribution in [2.24, 2.45) is 5.10 Å². The van der Waals surface area contributed by atoms with Crippen LogP contribution in [0.4, 0.5) is 20.6 Å². The van der Waals surface area contributed by atoms with Crippen molar-refractivity contribution in [2.75, 3.05) is 36.0 Å². The number of benzene rings is 1. The minimum absolute atomic E-state index is 0.222. The van der Waals surface area contributed by atoms with E-state index in [0.29, 0.717) is 18.8 Å². The lowest BCUT2D eigenvalue weighted by atomic mass is 10.2. The predicted octanol–water partition coefficient (Wildman–Crippen LogP) is 0.0268. The number of aliphatic hydroxyl groups excluding tert-OH is 1. The topological polar surface area (TPSA) is 116 Å². The van der Waals surface area contributed by atoms with Crippen LogP contribution >= 0.6 is 0 Å². The van der Waals surface area contributed by atoms with Gasteiger partial charge in [0.15, 0.2) is 0 Å². The molecule has 2 amide bonds. The van der Waals surface area contributed by atoms with Crippen molar-refractivity contribution in [1.82, 2.24) is 20.0 Å². The summed E-state index contributed by atoms with van der Waals surface area (Å²) in [7, 11) is 0. The maximum atomic E-state index is 14.7. The average molecular weight is 403 g/mol. The number of carbonyl (C=O) groups is 2. The molecule has 3 heterocycles. The second-order valence-corrected chi connectivity index (χ2v) is 6.48. The van der Waals surface area contributed by atoms with E-state index < -0.39 is 30.5 Å². The third-order valence-corrected chi connectivity index (χ3v) is 4.60. The number of hydrazone groups is 1. The smallest absolute Gasteiger partial charge is 0.414 e. The van der Waals surface area contributed by atoms with Gasteiger partial charge in [-0.3, -0.25) is 9.69 Å². The summed E-state index contributed by atoms with van der Waals surface area (Å²) < 4.78 is 21.6. The van der Waals surface area contributed by atoms with Crippen LogP contribution in [0.15, 0.2) is 35.7 Å². The molecule has 12 heteroatoms. The Labute approximate surface area is 164 Å². The summed E-state index contributed by atoms with van der Waals surface area (Å²) in [6.07, 6.45) is 3.55. The summed E-state index contributed by atoms with van der Waals surface area (Å²) in [5.74, 6) is -1.06. The van der Waals surface area contributed by atoms with Crippen molar-refractivity contribution in [2.45, 2.75) is 12.6 Å². The van der Waals surface area contributed by atoms with E-state index in [0.717, 1.165) is 5.01 Å². The second-order valence-electron chi connectivity index (χ2n) is 6.48. The Balaban J connectivity index is 1.45. The van der Waals surface area contributed by atoms with Crippen molar-refractivity contribution in [3.63, 3.8) is 0 Å². The van der Waals surface area contributed by atoms with E-state index in [1.54, 1.807) is 21.8 Å². The van der Waals surface area contributed by atoms with Crippen LogP contribution in [0.5, 0.6) is 0 Å². The highest BCUT2D eigenvalue weighted by Gasteiger charge is 2.33. The molecular weight excluding hydrogens is 385 g/mol. The highest BCUT2D eigenvalue weighted by molar-refractivity contribution is 5.90. The molecular formula is C17H18FN7O4. The van der Waals surface area contributed by atoms with E-state index in [9.17, 15) is 14.0 Å². The molecule has 2 aliphatic heterocycles. The van der Waals surface area contributed by atoms with Crippen LogP contribution in [0.3, 0.4) is 0 Å². The van der Waals surface area contributed by atoms with E-state index >= 15 is 0 Å². The number of anilines is 2. The van der Waals surface area contributed by atoms with E-state index in [4.69, 9.17) is 9.84 Å². The number of amides is 2. The van der Waals surface area contributed by atoms with Crippen molar-refractivity contribution in [3.05, 3.63) is 36.4 Å². The van der Waals surface area contributed by atoms with Gasteiger partial charge in [0.05, 0.1) is 37.2 Å². The molecule has 152 valence electrons. The maximum Gasteiger partial charge on any atom is 0.414 e. The number of ether oxygens (including phenoxy) is 1. The number of cyclic esters (lactones) is 1. The fourth-order valence-corrected chi connectivity index (χ4v) is 3.16. The van der Waals surface area contributed by atoms with Gasteiger partial charge < -0.3 is 14.7 Å². The Hall–Kier alpha value is -3.54. The first-order chi connectivity index (χ1) is 14.0. The van der Waals surface area contributed by atoms with E-state index in [1.165, 1.54) is 29.6 Å². The maximum absolute atomic E-state index is 14.7. The van der Waals surface area contributed by atoms with Gasteiger partial charge in [-0.05, 0) is 18.2 Å². The number of nitrogens with zero attached hydrogens (tertiary/aromatic N) is 7. The van der Waals surface area contributed by atoms with Gasteiger partial charge in [-0.25, -0.2) is 18.9 Å². The summed E-state index contributed by atoms with van der Waals surface area (Å²) in [4.78, 5) is 26.5. The van der Waals surface area contributed by atoms with Crippen LogP contribution in [-0.2, 0) is 16.1 Å². The number of carbonyl (C=O) groups excluding carboxylic acids is 2. The molecule has 1 fully saturated rings. The molecule has 0 unspecified atom stereocenters. The monoisotopic (exact) mass is 403 g/mol. The molecule has 2 aliphatic rings. The molecule has 1 aromatic carbocycles. The molecule has 4 rings (SSSR count). The first-order valence-electron chi connectivity index (χ1n) is 8.89. The summed E-state index contributed by atoms with van der Waals surface area (Å²) in [5, 5.41) is 21.5. The Morgan fingerprint density at radius 1 is 1.34 bits per heavy atom. The van der Waals surface area contributed by atoms with Crippen LogP contribution < -0.4 is 9.80 Å². The van der Waals surface area contributed by atoms with Crippen molar-refractivity contribution in [1.29, 1.82) is 0 Å². The van der Waals surface area contributed by atoms with Gasteiger partial charge in [-0.2, -0.15) is 5.10 Å². The number of aliphatic hydroxyl groups is 1. The fourth-order valence-electron chi connectivity index (χ4n) is 3.16. The largest absolute Gasteiger partial charge is 0.442 e. The Kier molecular flexibility index (Phi) is 5.08. The summed E-state index contributed by atoms with van der Waals surface area (Å²) in [6, 6.07) is 4.42. The van der Waals surface area contributed by atoms with Crippen molar-refractivity contribution < 1.29 is 23.8 Å². The van der Waals surface area contributed by atoms with Crippen LogP contribution in [0.1, 0.15) is 0 Å². The van der Waals surface area contributed by atoms with Gasteiger partial charge in [-0.15, -0.1) is 5.10 Å². The molecule has 0 aliphatic carbocycles. The summed E-state index contributed by atoms with van der Waals surface area (Å²) in [6.45, 7) is 0.526. The summed E-state index contributed by atoms with van der Waals surface area (Å²) >= 11 is 0. The molecule has 11 nitrogen and oxygen atoms in total. The Bertz CT molecular complexity index is 936. The van der Waals surface area contributed by atoms with Crippen LogP contribution in [0.2, 0.25) is 0 Å². The zero-order valence-electron chi connectivity index (χ0n) is 15.3. The molecule has 29 heavy (non-hydrogen) atoms. The molecule has 0 bridgehead atoms. The number of hydrogen-bond acceptors (Lipinski definition) is 8. The molecule has 0 radical (unpaired) electrons. The van der Waals surface area contributed by atoms with E-state index in [2.05, 4.69) is 15.4 Å². The minimum Gasteiger partial charge on any atom is -0.442 e. The SMILES string of the molecule is O=C(CO)N1CCN(c2ccc(N3C[C@H](Cn4ccnn4)OC3=O)cc2F)C=N1. The quantitative estimate of drug-likeness (QED) is 0.748.